The van der Waals surface area contributed by atoms with Crippen LogP contribution in [0.5, 0.6) is 0 Å². The molecule has 0 bridgehead atoms. The van der Waals surface area contributed by atoms with E-state index in [2.05, 4.69) is 69.5 Å². The Hall–Kier alpha value is -5.81. The topological polar surface area (TPSA) is 64.5 Å². The molecular weight excluding hydrogens is 514 g/mol. The van der Waals surface area contributed by atoms with Crippen molar-refractivity contribution in [2.24, 2.45) is 0 Å². The van der Waals surface area contributed by atoms with Gasteiger partial charge in [-0.3, -0.25) is 15.0 Å². The fraction of sp³-hybridized carbons (Fsp3) is 0. The van der Waals surface area contributed by atoms with Gasteiger partial charge < -0.3 is 0 Å². The number of aromatic nitrogens is 5. The van der Waals surface area contributed by atoms with Crippen LogP contribution in [-0.4, -0.2) is 24.9 Å². The maximum Gasteiger partial charge on any atom is 0.160 e. The average Bonchev–Trinajstić information content (AvgIpc) is 3.09. The van der Waals surface area contributed by atoms with Crippen LogP contribution in [0.2, 0.25) is 0 Å². The molecule has 0 unspecified atom stereocenters. The molecule has 4 heterocycles. The van der Waals surface area contributed by atoms with E-state index in [1.165, 1.54) is 0 Å². The van der Waals surface area contributed by atoms with Crippen molar-refractivity contribution in [1.82, 2.24) is 24.9 Å². The van der Waals surface area contributed by atoms with Crippen LogP contribution in [0.1, 0.15) is 0 Å². The molecule has 3 aromatic carbocycles. The zero-order valence-electron chi connectivity index (χ0n) is 22.7. The first-order valence-electron chi connectivity index (χ1n) is 13.7. The first-order valence-corrected chi connectivity index (χ1v) is 13.7. The Balaban J connectivity index is 1.38. The van der Waals surface area contributed by atoms with Gasteiger partial charge in [-0.1, -0.05) is 72.8 Å². The molecule has 0 aliphatic rings. The van der Waals surface area contributed by atoms with Crippen molar-refractivity contribution in [2.75, 3.05) is 0 Å². The molecule has 0 N–H and O–H groups in total. The highest BCUT2D eigenvalue weighted by Gasteiger charge is 2.13. The maximum atomic E-state index is 5.09. The molecule has 0 atom stereocenters. The second-order valence-corrected chi connectivity index (χ2v) is 9.85. The number of nitrogens with zero attached hydrogens (tertiary/aromatic N) is 5. The van der Waals surface area contributed by atoms with Crippen molar-refractivity contribution in [3.05, 3.63) is 152 Å². The van der Waals surface area contributed by atoms with E-state index >= 15 is 0 Å². The molecule has 0 radical (unpaired) electrons. The summed E-state index contributed by atoms with van der Waals surface area (Å²) in [6.45, 7) is 0. The fourth-order valence-corrected chi connectivity index (χ4v) is 4.97. The third-order valence-electron chi connectivity index (χ3n) is 7.05. The van der Waals surface area contributed by atoms with Crippen molar-refractivity contribution >= 4 is 0 Å². The molecule has 0 spiro atoms. The molecule has 42 heavy (non-hydrogen) atoms. The summed E-state index contributed by atoms with van der Waals surface area (Å²) in [6, 6.07) is 44.7. The number of hydrogen-bond donors (Lipinski definition) is 0. The Labute approximate surface area is 244 Å². The highest BCUT2D eigenvalue weighted by Crippen LogP contribution is 2.32. The highest BCUT2D eigenvalue weighted by atomic mass is 14.9. The van der Waals surface area contributed by atoms with Crippen LogP contribution < -0.4 is 0 Å². The van der Waals surface area contributed by atoms with Gasteiger partial charge in [0.1, 0.15) is 0 Å². The van der Waals surface area contributed by atoms with Gasteiger partial charge in [0.2, 0.25) is 0 Å². The summed E-state index contributed by atoms with van der Waals surface area (Å²) in [5.74, 6) is 0.645. The molecule has 0 saturated carbocycles. The molecule has 7 aromatic rings. The van der Waals surface area contributed by atoms with Gasteiger partial charge in [0, 0.05) is 52.0 Å². The third kappa shape index (κ3) is 5.31. The van der Waals surface area contributed by atoms with E-state index < -0.39 is 0 Å². The third-order valence-corrected chi connectivity index (χ3v) is 7.05. The molecule has 7 rings (SSSR count). The lowest BCUT2D eigenvalue weighted by molar-refractivity contribution is 1.18. The minimum atomic E-state index is 0.645. The molecule has 0 fully saturated rings. The highest BCUT2D eigenvalue weighted by molar-refractivity contribution is 5.77. The second kappa shape index (κ2) is 11.4. The van der Waals surface area contributed by atoms with E-state index in [1.54, 1.807) is 6.20 Å². The molecule has 198 valence electrons. The Morgan fingerprint density at radius 2 is 0.643 bits per heavy atom. The molecular formula is C37H25N5. The SMILES string of the molecule is c1ccc(-c2cccc(-c3cc(-c4cccc(-c5ccccn5)c4)nc(-c4cccc(-c5ccccn5)c4)n3)c2)nc1. The normalized spacial score (nSPS) is 10.9. The fourth-order valence-electron chi connectivity index (χ4n) is 4.97. The summed E-state index contributed by atoms with van der Waals surface area (Å²) in [7, 11) is 0. The predicted octanol–water partition coefficient (Wildman–Crippen LogP) is 8.66. The quantitative estimate of drug-likeness (QED) is 0.212. The van der Waals surface area contributed by atoms with Crippen LogP contribution in [0.3, 0.4) is 0 Å². The smallest absolute Gasteiger partial charge is 0.160 e. The standard InChI is InChI=1S/C37H25N5/c1-4-19-38-32(16-1)26-10-7-13-29(22-26)35-25-36(30-14-8-11-27(23-30)33-17-2-5-20-39-33)42-37(41-35)31-15-9-12-28(24-31)34-18-3-6-21-40-34/h1-25H. The van der Waals surface area contributed by atoms with E-state index in [1.807, 2.05) is 91.3 Å². The molecule has 5 heteroatoms. The van der Waals surface area contributed by atoms with Crippen molar-refractivity contribution in [3.63, 3.8) is 0 Å². The van der Waals surface area contributed by atoms with Gasteiger partial charge in [0.25, 0.3) is 0 Å². The van der Waals surface area contributed by atoms with Gasteiger partial charge in [0.15, 0.2) is 5.82 Å². The zero-order chi connectivity index (χ0) is 28.1. The Bertz CT molecular complexity index is 1730. The minimum Gasteiger partial charge on any atom is -0.256 e. The molecule has 4 aromatic heterocycles. The van der Waals surface area contributed by atoms with Gasteiger partial charge in [-0.15, -0.1) is 0 Å². The lowest BCUT2D eigenvalue weighted by atomic mass is 10.0. The number of pyridine rings is 3. The van der Waals surface area contributed by atoms with E-state index in [0.717, 1.165) is 61.9 Å². The Morgan fingerprint density at radius 3 is 1.02 bits per heavy atom. The summed E-state index contributed by atoms with van der Waals surface area (Å²) in [5.41, 5.74) is 10.4. The van der Waals surface area contributed by atoms with Crippen LogP contribution in [-0.2, 0) is 0 Å². The molecule has 0 aliphatic heterocycles. The Morgan fingerprint density at radius 1 is 0.286 bits per heavy atom. The van der Waals surface area contributed by atoms with Crippen molar-refractivity contribution in [1.29, 1.82) is 0 Å². The second-order valence-electron chi connectivity index (χ2n) is 9.85. The molecule has 0 aliphatic carbocycles. The van der Waals surface area contributed by atoms with Crippen LogP contribution in [0.15, 0.2) is 152 Å². The number of rotatable bonds is 6. The summed E-state index contributed by atoms with van der Waals surface area (Å²) >= 11 is 0. The van der Waals surface area contributed by atoms with Crippen LogP contribution in [0.25, 0.3) is 67.7 Å². The van der Waals surface area contributed by atoms with Crippen molar-refractivity contribution in [2.45, 2.75) is 0 Å². The number of benzene rings is 3. The summed E-state index contributed by atoms with van der Waals surface area (Å²) in [4.78, 5) is 23.8. The predicted molar refractivity (Wildman–Crippen MR) is 168 cm³/mol. The first-order chi connectivity index (χ1) is 20.8. The minimum absolute atomic E-state index is 0.645. The van der Waals surface area contributed by atoms with Gasteiger partial charge in [-0.2, -0.15) is 0 Å². The number of hydrogen-bond acceptors (Lipinski definition) is 5. The summed E-state index contributed by atoms with van der Waals surface area (Å²) < 4.78 is 0. The van der Waals surface area contributed by atoms with E-state index in [-0.39, 0.29) is 0 Å². The van der Waals surface area contributed by atoms with Crippen LogP contribution in [0.4, 0.5) is 0 Å². The largest absolute Gasteiger partial charge is 0.256 e. The van der Waals surface area contributed by atoms with Crippen molar-refractivity contribution < 1.29 is 0 Å². The lowest BCUT2D eigenvalue weighted by Gasteiger charge is -2.12. The van der Waals surface area contributed by atoms with Crippen molar-refractivity contribution in [3.8, 4) is 67.7 Å². The molecule has 0 saturated heterocycles. The van der Waals surface area contributed by atoms with Gasteiger partial charge in [0.05, 0.1) is 28.5 Å². The lowest BCUT2D eigenvalue weighted by Crippen LogP contribution is -1.97. The van der Waals surface area contributed by atoms with E-state index in [9.17, 15) is 0 Å². The van der Waals surface area contributed by atoms with Crippen LogP contribution in [0, 0.1) is 0 Å². The van der Waals surface area contributed by atoms with Gasteiger partial charge >= 0.3 is 0 Å². The maximum absolute atomic E-state index is 5.09. The Kier molecular flexibility index (Phi) is 6.81. The average molecular weight is 540 g/mol. The monoisotopic (exact) mass is 539 g/mol. The first kappa shape index (κ1) is 25.2. The summed E-state index contributed by atoms with van der Waals surface area (Å²) in [6.07, 6.45) is 5.43. The van der Waals surface area contributed by atoms with E-state index in [4.69, 9.17) is 9.97 Å². The van der Waals surface area contributed by atoms with Crippen LogP contribution >= 0.6 is 0 Å². The molecule has 5 nitrogen and oxygen atoms in total. The van der Waals surface area contributed by atoms with Gasteiger partial charge in [-0.25, -0.2) is 9.97 Å². The summed E-state index contributed by atoms with van der Waals surface area (Å²) in [5, 5.41) is 0. The molecule has 0 amide bonds. The van der Waals surface area contributed by atoms with E-state index in [0.29, 0.717) is 5.82 Å². The zero-order valence-corrected chi connectivity index (χ0v) is 22.7. The van der Waals surface area contributed by atoms with Gasteiger partial charge in [-0.05, 0) is 60.7 Å².